The molecule has 1 aliphatic rings. The highest BCUT2D eigenvalue weighted by Crippen LogP contribution is 2.33. The molecule has 0 spiro atoms. The second-order valence-electron chi connectivity index (χ2n) is 10.4. The van der Waals surface area contributed by atoms with Gasteiger partial charge in [0.2, 0.25) is 5.91 Å². The molecule has 1 fully saturated rings. The van der Waals surface area contributed by atoms with Gasteiger partial charge >= 0.3 is 0 Å². The summed E-state index contributed by atoms with van der Waals surface area (Å²) in [6.45, 7) is 5.26. The average Bonchev–Trinajstić information content (AvgIpc) is 3.40. The summed E-state index contributed by atoms with van der Waals surface area (Å²) in [5, 5.41) is 27.0. The first-order valence-corrected chi connectivity index (χ1v) is 13.7. The van der Waals surface area contributed by atoms with Crippen molar-refractivity contribution in [1.29, 1.82) is 5.26 Å². The first-order valence-electron chi connectivity index (χ1n) is 13.7. The number of pyridine rings is 3. The standard InChI is InChI=1S/C30H34N8O3/c1-3-41-24-14-25(28-22(16-31)18-35-38(28)19-24)21-7-8-26(34-17-21)37-12-9-30(10-13-37,15-23-6-4-5-11-33-23)36-29(40)27(32)20(2)39/h4-8,11,14,17-20,27,39H,3,9-10,12-13,15,32H2,1-2H3,(H,36,40). The van der Waals surface area contributed by atoms with Crippen LogP contribution in [-0.2, 0) is 11.2 Å². The molecule has 41 heavy (non-hydrogen) atoms. The highest BCUT2D eigenvalue weighted by atomic mass is 16.5. The van der Waals surface area contributed by atoms with Crippen LogP contribution < -0.4 is 20.7 Å². The number of nitriles is 1. The number of piperidine rings is 1. The van der Waals surface area contributed by atoms with Crippen molar-refractivity contribution < 1.29 is 14.6 Å². The number of anilines is 1. The molecule has 4 aromatic heterocycles. The summed E-state index contributed by atoms with van der Waals surface area (Å²) in [5.74, 6) is 1.10. The lowest BCUT2D eigenvalue weighted by Gasteiger charge is -2.43. The molecule has 2 atom stereocenters. The van der Waals surface area contributed by atoms with E-state index >= 15 is 0 Å². The van der Waals surface area contributed by atoms with Gasteiger partial charge in [0.15, 0.2) is 0 Å². The van der Waals surface area contributed by atoms with Crippen molar-refractivity contribution in [2.45, 2.75) is 50.8 Å². The van der Waals surface area contributed by atoms with Crippen LogP contribution in [0.2, 0.25) is 0 Å². The maximum Gasteiger partial charge on any atom is 0.240 e. The molecule has 1 saturated heterocycles. The van der Waals surface area contributed by atoms with E-state index in [2.05, 4.69) is 26.4 Å². The molecule has 212 valence electrons. The topological polar surface area (TPSA) is 155 Å². The van der Waals surface area contributed by atoms with E-state index in [4.69, 9.17) is 15.5 Å². The summed E-state index contributed by atoms with van der Waals surface area (Å²) in [6, 6.07) is 12.8. The van der Waals surface area contributed by atoms with Crippen LogP contribution in [0.4, 0.5) is 5.82 Å². The van der Waals surface area contributed by atoms with Crippen LogP contribution >= 0.6 is 0 Å². The van der Waals surface area contributed by atoms with Crippen molar-refractivity contribution in [2.75, 3.05) is 24.6 Å². The fourth-order valence-electron chi connectivity index (χ4n) is 5.30. The monoisotopic (exact) mass is 554 g/mol. The molecular formula is C30H34N8O3. The number of carbonyl (C=O) groups is 1. The molecule has 5 rings (SSSR count). The van der Waals surface area contributed by atoms with Crippen LogP contribution in [-0.4, -0.2) is 68.0 Å². The minimum Gasteiger partial charge on any atom is -0.492 e. The summed E-state index contributed by atoms with van der Waals surface area (Å²) in [7, 11) is 0. The Morgan fingerprint density at radius 1 is 1.24 bits per heavy atom. The first kappa shape index (κ1) is 28.0. The number of aliphatic hydroxyl groups is 1. The quantitative estimate of drug-likeness (QED) is 0.283. The van der Waals surface area contributed by atoms with Crippen LogP contribution in [0, 0.1) is 11.3 Å². The molecule has 11 heteroatoms. The molecule has 4 aromatic rings. The van der Waals surface area contributed by atoms with Gasteiger partial charge in [-0.1, -0.05) is 6.07 Å². The Morgan fingerprint density at radius 2 is 2.05 bits per heavy atom. The number of nitrogens with zero attached hydrogens (tertiary/aromatic N) is 6. The lowest BCUT2D eigenvalue weighted by molar-refractivity contribution is -0.126. The second kappa shape index (κ2) is 11.9. The van der Waals surface area contributed by atoms with Crippen LogP contribution in [0.15, 0.2) is 61.2 Å². The number of hydrogen-bond donors (Lipinski definition) is 3. The van der Waals surface area contributed by atoms with Crippen LogP contribution in [0.5, 0.6) is 5.75 Å². The largest absolute Gasteiger partial charge is 0.492 e. The van der Waals surface area contributed by atoms with Gasteiger partial charge in [-0.05, 0) is 57.0 Å². The molecule has 4 N–H and O–H groups in total. The number of aromatic nitrogens is 4. The van der Waals surface area contributed by atoms with E-state index in [1.54, 1.807) is 29.3 Å². The number of amides is 1. The van der Waals surface area contributed by atoms with E-state index in [-0.39, 0.29) is 5.91 Å². The van der Waals surface area contributed by atoms with E-state index < -0.39 is 17.7 Å². The van der Waals surface area contributed by atoms with Gasteiger partial charge in [-0.25, -0.2) is 9.50 Å². The predicted molar refractivity (Wildman–Crippen MR) is 154 cm³/mol. The minimum absolute atomic E-state index is 0.371. The van der Waals surface area contributed by atoms with Crippen molar-refractivity contribution in [2.24, 2.45) is 5.73 Å². The first-order chi connectivity index (χ1) is 19.8. The third-order valence-corrected chi connectivity index (χ3v) is 7.58. The Hall–Kier alpha value is -4.53. The van der Waals surface area contributed by atoms with E-state index in [0.29, 0.717) is 55.8 Å². The number of nitrogens with one attached hydrogen (secondary N) is 1. The van der Waals surface area contributed by atoms with Crippen LogP contribution in [0.3, 0.4) is 0 Å². The van der Waals surface area contributed by atoms with E-state index in [1.807, 2.05) is 43.3 Å². The van der Waals surface area contributed by atoms with E-state index in [9.17, 15) is 15.2 Å². The second-order valence-corrected chi connectivity index (χ2v) is 10.4. The van der Waals surface area contributed by atoms with Gasteiger partial charge in [0.05, 0.1) is 36.2 Å². The summed E-state index contributed by atoms with van der Waals surface area (Å²) in [6.07, 6.45) is 7.78. The summed E-state index contributed by atoms with van der Waals surface area (Å²) in [5.41, 5.74) is 9.13. The Balaban J connectivity index is 1.36. The van der Waals surface area contributed by atoms with Crippen LogP contribution in [0.25, 0.3) is 16.6 Å². The number of hydrogen-bond acceptors (Lipinski definition) is 9. The van der Waals surface area contributed by atoms with E-state index in [1.165, 1.54) is 6.92 Å². The SMILES string of the molecule is CCOc1cc(-c2ccc(N3CCC(Cc4ccccn4)(NC(=O)C(N)C(C)O)CC3)nc2)c2c(C#N)cnn2c1. The normalized spacial score (nSPS) is 16.1. The summed E-state index contributed by atoms with van der Waals surface area (Å²) >= 11 is 0. The average molecular weight is 555 g/mol. The van der Waals surface area contributed by atoms with Crippen molar-refractivity contribution in [1.82, 2.24) is 24.9 Å². The molecule has 1 amide bonds. The van der Waals surface area contributed by atoms with Gasteiger partial charge in [-0.2, -0.15) is 10.4 Å². The molecular weight excluding hydrogens is 520 g/mol. The van der Waals surface area contributed by atoms with Gasteiger partial charge in [0.1, 0.15) is 23.7 Å². The number of fused-ring (bicyclic) bond motifs is 1. The molecule has 0 saturated carbocycles. The Morgan fingerprint density at radius 3 is 2.68 bits per heavy atom. The third-order valence-electron chi connectivity index (χ3n) is 7.58. The molecule has 0 bridgehead atoms. The van der Waals surface area contributed by atoms with Crippen LogP contribution in [0.1, 0.15) is 37.9 Å². The molecule has 2 unspecified atom stereocenters. The van der Waals surface area contributed by atoms with Gasteiger partial charge in [0, 0.05) is 54.3 Å². The highest BCUT2D eigenvalue weighted by molar-refractivity contribution is 5.85. The number of ether oxygens (including phenoxy) is 1. The zero-order chi connectivity index (χ0) is 29.0. The summed E-state index contributed by atoms with van der Waals surface area (Å²) in [4.78, 5) is 24.3. The fraction of sp³-hybridized carbons (Fsp3) is 0.367. The van der Waals surface area contributed by atoms with Crippen molar-refractivity contribution in [3.63, 3.8) is 0 Å². The number of aliphatic hydroxyl groups excluding tert-OH is 1. The van der Waals surface area contributed by atoms with Crippen molar-refractivity contribution in [3.8, 4) is 22.9 Å². The zero-order valence-electron chi connectivity index (χ0n) is 23.2. The van der Waals surface area contributed by atoms with Gasteiger partial charge in [-0.15, -0.1) is 0 Å². The molecule has 1 aliphatic heterocycles. The molecule has 11 nitrogen and oxygen atoms in total. The number of carbonyl (C=O) groups excluding carboxylic acids is 1. The van der Waals surface area contributed by atoms with Crippen molar-refractivity contribution >= 4 is 17.2 Å². The third kappa shape index (κ3) is 5.99. The van der Waals surface area contributed by atoms with Crippen molar-refractivity contribution in [3.05, 3.63) is 72.4 Å². The van der Waals surface area contributed by atoms with E-state index in [0.717, 1.165) is 22.6 Å². The Labute approximate surface area is 238 Å². The molecule has 0 radical (unpaired) electrons. The summed E-state index contributed by atoms with van der Waals surface area (Å²) < 4.78 is 7.39. The molecule has 0 aliphatic carbocycles. The predicted octanol–water partition coefficient (Wildman–Crippen LogP) is 2.47. The Bertz CT molecular complexity index is 1540. The maximum atomic E-state index is 12.9. The minimum atomic E-state index is -1.01. The number of rotatable bonds is 9. The van der Waals surface area contributed by atoms with Gasteiger partial charge < -0.3 is 25.8 Å². The fourth-order valence-corrected chi connectivity index (χ4v) is 5.30. The van der Waals surface area contributed by atoms with Gasteiger partial charge in [-0.3, -0.25) is 9.78 Å². The lowest BCUT2D eigenvalue weighted by Crippen LogP contribution is -2.61. The number of nitrogens with two attached hydrogens (primary N) is 1. The lowest BCUT2D eigenvalue weighted by atomic mass is 9.82. The molecule has 5 heterocycles. The Kier molecular flexibility index (Phi) is 8.14. The highest BCUT2D eigenvalue weighted by Gasteiger charge is 2.38. The van der Waals surface area contributed by atoms with Gasteiger partial charge in [0.25, 0.3) is 0 Å². The zero-order valence-corrected chi connectivity index (χ0v) is 23.2. The maximum absolute atomic E-state index is 12.9. The smallest absolute Gasteiger partial charge is 0.240 e. The molecule has 0 aromatic carbocycles.